The Hall–Kier alpha value is -1.86. The highest BCUT2D eigenvalue weighted by Crippen LogP contribution is 2.25. The Morgan fingerprint density at radius 2 is 1.80 bits per heavy atom. The Morgan fingerprint density at radius 3 is 2.53 bits per heavy atom. The summed E-state index contributed by atoms with van der Waals surface area (Å²) in [5.74, 6) is 1.10. The number of rotatable bonds is 8. The predicted molar refractivity (Wildman–Crippen MR) is 120 cm³/mol. The van der Waals surface area contributed by atoms with E-state index in [4.69, 9.17) is 0 Å². The van der Waals surface area contributed by atoms with Crippen molar-refractivity contribution in [3.8, 4) is 0 Å². The van der Waals surface area contributed by atoms with Crippen molar-refractivity contribution in [3.63, 3.8) is 0 Å². The van der Waals surface area contributed by atoms with Gasteiger partial charge in [0.15, 0.2) is 5.16 Å². The van der Waals surface area contributed by atoms with E-state index in [0.29, 0.717) is 6.04 Å². The number of amides is 1. The van der Waals surface area contributed by atoms with Gasteiger partial charge < -0.3 is 9.88 Å². The third-order valence-corrected chi connectivity index (χ3v) is 7.22. The largest absolute Gasteiger partial charge is 0.352 e. The molecule has 1 amide bonds. The monoisotopic (exact) mass is 427 g/mol. The molecule has 2 heterocycles. The number of hydrogen-bond acceptors (Lipinski definition) is 5. The van der Waals surface area contributed by atoms with Gasteiger partial charge in [0.25, 0.3) is 0 Å². The molecule has 4 rings (SSSR count). The average molecular weight is 428 g/mol. The lowest BCUT2D eigenvalue weighted by Crippen LogP contribution is -2.40. The van der Waals surface area contributed by atoms with Gasteiger partial charge in [-0.15, -0.1) is 10.2 Å². The van der Waals surface area contributed by atoms with Gasteiger partial charge in [-0.25, -0.2) is 0 Å². The van der Waals surface area contributed by atoms with Crippen LogP contribution in [0.2, 0.25) is 0 Å². The SMILES string of the molecule is C[C@@H](Sc1nnc(CN2CCCC2)n1Cc1ccccc1)C(=O)NC1CCCCC1. The summed E-state index contributed by atoms with van der Waals surface area (Å²) in [7, 11) is 0. The molecular formula is C23H33N5OS. The standard InChI is InChI=1S/C23H33N5OS/c1-18(22(29)24-20-12-6-3-7-13-20)30-23-26-25-21(17-27-14-8-9-15-27)28(23)16-19-10-4-2-5-11-19/h2,4-5,10-11,18,20H,3,6-9,12-17H2,1H3,(H,24,29)/t18-/m1/s1. The molecule has 0 radical (unpaired) electrons. The highest BCUT2D eigenvalue weighted by atomic mass is 32.2. The summed E-state index contributed by atoms with van der Waals surface area (Å²) in [4.78, 5) is 15.2. The van der Waals surface area contributed by atoms with Crippen molar-refractivity contribution in [2.24, 2.45) is 0 Å². The summed E-state index contributed by atoms with van der Waals surface area (Å²) in [5, 5.41) is 12.9. The summed E-state index contributed by atoms with van der Waals surface area (Å²) in [6, 6.07) is 10.8. The summed E-state index contributed by atoms with van der Waals surface area (Å²) in [6.45, 7) is 5.78. The van der Waals surface area contributed by atoms with E-state index in [1.807, 2.05) is 13.0 Å². The lowest BCUT2D eigenvalue weighted by molar-refractivity contribution is -0.121. The normalized spacial score (nSPS) is 19.1. The van der Waals surface area contributed by atoms with Crippen LogP contribution in [0.4, 0.5) is 0 Å². The summed E-state index contributed by atoms with van der Waals surface area (Å²) < 4.78 is 2.20. The van der Waals surface area contributed by atoms with Gasteiger partial charge in [0.2, 0.25) is 5.91 Å². The minimum Gasteiger partial charge on any atom is -0.352 e. The molecule has 7 heteroatoms. The maximum absolute atomic E-state index is 12.8. The first-order valence-electron chi connectivity index (χ1n) is 11.3. The fourth-order valence-corrected chi connectivity index (χ4v) is 5.24. The van der Waals surface area contributed by atoms with Gasteiger partial charge in [-0.05, 0) is 51.3 Å². The number of nitrogens with zero attached hydrogens (tertiary/aromatic N) is 4. The van der Waals surface area contributed by atoms with Crippen molar-refractivity contribution in [3.05, 3.63) is 41.7 Å². The van der Waals surface area contributed by atoms with Crippen molar-refractivity contribution in [1.29, 1.82) is 0 Å². The Labute approximate surface area is 183 Å². The molecule has 1 aromatic carbocycles. The smallest absolute Gasteiger partial charge is 0.233 e. The molecular weight excluding hydrogens is 394 g/mol. The topological polar surface area (TPSA) is 63.1 Å². The second-order valence-electron chi connectivity index (χ2n) is 8.56. The van der Waals surface area contributed by atoms with Crippen LogP contribution >= 0.6 is 11.8 Å². The minimum atomic E-state index is -0.190. The summed E-state index contributed by atoms with van der Waals surface area (Å²) in [5.41, 5.74) is 1.22. The molecule has 1 saturated carbocycles. The molecule has 1 atom stereocenters. The number of hydrogen-bond donors (Lipinski definition) is 1. The Balaban J connectivity index is 1.46. The molecule has 30 heavy (non-hydrogen) atoms. The lowest BCUT2D eigenvalue weighted by Gasteiger charge is -2.24. The van der Waals surface area contributed by atoms with Crippen LogP contribution in [0.3, 0.4) is 0 Å². The van der Waals surface area contributed by atoms with E-state index in [9.17, 15) is 4.79 Å². The third-order valence-electron chi connectivity index (χ3n) is 6.14. The maximum Gasteiger partial charge on any atom is 0.233 e. The lowest BCUT2D eigenvalue weighted by atomic mass is 9.95. The molecule has 162 valence electrons. The van der Waals surface area contributed by atoms with Gasteiger partial charge in [0.1, 0.15) is 5.82 Å². The highest BCUT2D eigenvalue weighted by molar-refractivity contribution is 8.00. The maximum atomic E-state index is 12.8. The number of nitrogens with one attached hydrogen (secondary N) is 1. The quantitative estimate of drug-likeness (QED) is 0.649. The Bertz CT molecular complexity index is 812. The van der Waals surface area contributed by atoms with Crippen molar-refractivity contribution in [1.82, 2.24) is 25.0 Å². The number of benzene rings is 1. The number of carbonyl (C=O) groups is 1. The van der Waals surface area contributed by atoms with E-state index in [0.717, 1.165) is 50.0 Å². The van der Waals surface area contributed by atoms with E-state index in [-0.39, 0.29) is 11.2 Å². The van der Waals surface area contributed by atoms with E-state index in [2.05, 4.69) is 49.2 Å². The van der Waals surface area contributed by atoms with Crippen LogP contribution in [0.25, 0.3) is 0 Å². The Morgan fingerprint density at radius 1 is 1.07 bits per heavy atom. The summed E-state index contributed by atoms with van der Waals surface area (Å²) >= 11 is 1.52. The van der Waals surface area contributed by atoms with Gasteiger partial charge in [0.05, 0.1) is 18.3 Å². The van der Waals surface area contributed by atoms with E-state index in [1.54, 1.807) is 0 Å². The molecule has 2 aliphatic rings. The number of carbonyl (C=O) groups excluding carboxylic acids is 1. The van der Waals surface area contributed by atoms with Crippen molar-refractivity contribution in [2.75, 3.05) is 13.1 Å². The van der Waals surface area contributed by atoms with Crippen molar-refractivity contribution >= 4 is 17.7 Å². The van der Waals surface area contributed by atoms with Gasteiger partial charge in [0, 0.05) is 6.04 Å². The molecule has 2 aromatic rings. The third kappa shape index (κ3) is 5.64. The molecule has 1 aromatic heterocycles. The van der Waals surface area contributed by atoms with Gasteiger partial charge in [-0.3, -0.25) is 9.69 Å². The average Bonchev–Trinajstić information content (AvgIpc) is 3.41. The Kier molecular flexibility index (Phi) is 7.44. The molecule has 2 fully saturated rings. The van der Waals surface area contributed by atoms with Crippen LogP contribution in [0.1, 0.15) is 63.3 Å². The molecule has 1 aliphatic heterocycles. The second-order valence-corrected chi connectivity index (χ2v) is 9.87. The first-order chi connectivity index (χ1) is 14.7. The van der Waals surface area contributed by atoms with Gasteiger partial charge >= 0.3 is 0 Å². The zero-order chi connectivity index (χ0) is 20.8. The van der Waals surface area contributed by atoms with Gasteiger partial charge in [-0.2, -0.15) is 0 Å². The van der Waals surface area contributed by atoms with E-state index in [1.165, 1.54) is 49.4 Å². The molecule has 1 N–H and O–H groups in total. The van der Waals surface area contributed by atoms with Crippen LogP contribution < -0.4 is 5.32 Å². The van der Waals surface area contributed by atoms with Crippen molar-refractivity contribution < 1.29 is 4.79 Å². The molecule has 1 aliphatic carbocycles. The number of aromatic nitrogens is 3. The predicted octanol–water partition coefficient (Wildman–Crippen LogP) is 3.85. The van der Waals surface area contributed by atoms with Crippen LogP contribution in [0.5, 0.6) is 0 Å². The molecule has 6 nitrogen and oxygen atoms in total. The van der Waals surface area contributed by atoms with E-state index < -0.39 is 0 Å². The highest BCUT2D eigenvalue weighted by Gasteiger charge is 2.24. The fraction of sp³-hybridized carbons (Fsp3) is 0.609. The van der Waals surface area contributed by atoms with Crippen LogP contribution in [0.15, 0.2) is 35.5 Å². The first kappa shape index (κ1) is 21.4. The molecule has 0 bridgehead atoms. The number of likely N-dealkylation sites (tertiary alicyclic amines) is 1. The van der Waals surface area contributed by atoms with Crippen LogP contribution in [-0.4, -0.2) is 50.0 Å². The van der Waals surface area contributed by atoms with Crippen LogP contribution in [-0.2, 0) is 17.9 Å². The first-order valence-corrected chi connectivity index (χ1v) is 12.2. The van der Waals surface area contributed by atoms with Crippen LogP contribution in [0, 0.1) is 0 Å². The molecule has 1 saturated heterocycles. The zero-order valence-electron chi connectivity index (χ0n) is 17.9. The van der Waals surface area contributed by atoms with E-state index >= 15 is 0 Å². The molecule has 0 unspecified atom stereocenters. The fourth-order valence-electron chi connectivity index (χ4n) is 4.37. The number of thioether (sulfide) groups is 1. The van der Waals surface area contributed by atoms with Gasteiger partial charge in [-0.1, -0.05) is 61.4 Å². The summed E-state index contributed by atoms with van der Waals surface area (Å²) in [6.07, 6.45) is 8.45. The second kappa shape index (κ2) is 10.4. The zero-order valence-corrected chi connectivity index (χ0v) is 18.7. The minimum absolute atomic E-state index is 0.113. The molecule has 0 spiro atoms. The van der Waals surface area contributed by atoms with Crippen molar-refractivity contribution in [2.45, 2.75) is 81.4 Å².